The molecule has 0 fully saturated rings. The van der Waals surface area contributed by atoms with Crippen LogP contribution in [0.2, 0.25) is 0 Å². The van der Waals surface area contributed by atoms with E-state index in [9.17, 15) is 12.8 Å². The zero-order chi connectivity index (χ0) is 19.0. The molecule has 150 valence electrons. The van der Waals surface area contributed by atoms with Gasteiger partial charge in [0.1, 0.15) is 10.0 Å². The van der Waals surface area contributed by atoms with Crippen molar-refractivity contribution >= 4 is 51.3 Å². The highest BCUT2D eigenvalue weighted by Crippen LogP contribution is 2.14. The largest absolute Gasteiger partial charge is 0.357 e. The summed E-state index contributed by atoms with van der Waals surface area (Å²) >= 11 is 1.18. The van der Waals surface area contributed by atoms with Crippen molar-refractivity contribution < 1.29 is 12.8 Å². The summed E-state index contributed by atoms with van der Waals surface area (Å²) in [6.07, 6.45) is 0. The number of halogens is 2. The molecule has 0 aliphatic heterocycles. The molecule has 0 aliphatic rings. The standard InChI is InChI=1S/C17H23FN4O2S2.HI/c1-3-19-17(22(2)13-14-6-8-15(18)9-7-14)20-10-11-21-26(23,24)16-5-4-12-25-16;/h4-9,12,21H,3,10-11,13H2,1-2H3,(H,19,20);1H. The molecule has 27 heavy (non-hydrogen) atoms. The van der Waals surface area contributed by atoms with Gasteiger partial charge in [0.25, 0.3) is 0 Å². The third-order valence-corrected chi connectivity index (χ3v) is 6.31. The first-order chi connectivity index (χ1) is 12.4. The molecule has 6 nitrogen and oxygen atoms in total. The van der Waals surface area contributed by atoms with Gasteiger partial charge in [-0.05, 0) is 36.1 Å². The van der Waals surface area contributed by atoms with Gasteiger partial charge < -0.3 is 10.2 Å². The smallest absolute Gasteiger partial charge is 0.250 e. The lowest BCUT2D eigenvalue weighted by Crippen LogP contribution is -2.39. The maximum atomic E-state index is 13.0. The Labute approximate surface area is 181 Å². The third kappa shape index (κ3) is 7.72. The number of sulfonamides is 1. The van der Waals surface area contributed by atoms with Crippen LogP contribution in [-0.4, -0.2) is 46.0 Å². The van der Waals surface area contributed by atoms with Crippen LogP contribution in [0.25, 0.3) is 0 Å². The predicted molar refractivity (Wildman–Crippen MR) is 119 cm³/mol. The molecular formula is C17H24FIN4O2S2. The van der Waals surface area contributed by atoms with Gasteiger partial charge in [0, 0.05) is 26.7 Å². The van der Waals surface area contributed by atoms with Crippen LogP contribution in [0.3, 0.4) is 0 Å². The van der Waals surface area contributed by atoms with Crippen molar-refractivity contribution in [1.29, 1.82) is 0 Å². The minimum atomic E-state index is -3.47. The van der Waals surface area contributed by atoms with Gasteiger partial charge in [0.15, 0.2) is 5.96 Å². The van der Waals surface area contributed by atoms with Crippen molar-refractivity contribution in [2.75, 3.05) is 26.7 Å². The summed E-state index contributed by atoms with van der Waals surface area (Å²) in [5.74, 6) is 0.391. The van der Waals surface area contributed by atoms with Crippen LogP contribution in [0.15, 0.2) is 51.0 Å². The van der Waals surface area contributed by atoms with Crippen molar-refractivity contribution in [3.63, 3.8) is 0 Å². The molecule has 1 aromatic carbocycles. The van der Waals surface area contributed by atoms with Crippen LogP contribution in [0.1, 0.15) is 12.5 Å². The molecule has 0 amide bonds. The van der Waals surface area contributed by atoms with Gasteiger partial charge in [0.2, 0.25) is 10.0 Å². The Morgan fingerprint density at radius 2 is 1.96 bits per heavy atom. The molecule has 0 spiro atoms. The second-order valence-corrected chi connectivity index (χ2v) is 8.49. The number of thiophene rings is 1. The van der Waals surface area contributed by atoms with Crippen LogP contribution < -0.4 is 10.0 Å². The van der Waals surface area contributed by atoms with Crippen molar-refractivity contribution in [2.45, 2.75) is 17.7 Å². The molecule has 0 aliphatic carbocycles. The molecule has 0 unspecified atom stereocenters. The van der Waals surface area contributed by atoms with E-state index in [-0.39, 0.29) is 36.3 Å². The molecule has 2 aromatic rings. The quantitative estimate of drug-likeness (QED) is 0.240. The monoisotopic (exact) mass is 526 g/mol. The van der Waals surface area contributed by atoms with Crippen molar-refractivity contribution in [2.24, 2.45) is 4.99 Å². The summed E-state index contributed by atoms with van der Waals surface area (Å²) in [5.41, 5.74) is 0.956. The molecule has 10 heteroatoms. The number of guanidine groups is 1. The van der Waals surface area contributed by atoms with Crippen LogP contribution in [0, 0.1) is 5.82 Å². The number of hydrogen-bond acceptors (Lipinski definition) is 4. The third-order valence-electron chi connectivity index (χ3n) is 3.45. The molecule has 0 bridgehead atoms. The second kappa shape index (κ2) is 11.6. The molecule has 0 saturated heterocycles. The molecule has 0 atom stereocenters. The van der Waals surface area contributed by atoms with E-state index in [2.05, 4.69) is 15.0 Å². The van der Waals surface area contributed by atoms with Gasteiger partial charge in [-0.25, -0.2) is 17.5 Å². The Morgan fingerprint density at radius 3 is 2.56 bits per heavy atom. The van der Waals surface area contributed by atoms with Gasteiger partial charge >= 0.3 is 0 Å². The predicted octanol–water partition coefficient (Wildman–Crippen LogP) is 2.88. The summed E-state index contributed by atoms with van der Waals surface area (Å²) in [6.45, 7) is 3.72. The van der Waals surface area contributed by atoms with E-state index in [1.165, 1.54) is 23.5 Å². The summed E-state index contributed by atoms with van der Waals surface area (Å²) < 4.78 is 40.0. The number of nitrogens with zero attached hydrogens (tertiary/aromatic N) is 2. The molecule has 0 radical (unpaired) electrons. The summed E-state index contributed by atoms with van der Waals surface area (Å²) in [6, 6.07) is 9.57. The zero-order valence-corrected chi connectivity index (χ0v) is 19.1. The number of hydrogen-bond donors (Lipinski definition) is 2. The number of rotatable bonds is 8. The van der Waals surface area contributed by atoms with E-state index in [4.69, 9.17) is 0 Å². The van der Waals surface area contributed by atoms with Gasteiger partial charge in [-0.2, -0.15) is 0 Å². The van der Waals surface area contributed by atoms with E-state index >= 15 is 0 Å². The normalized spacial score (nSPS) is 11.7. The topological polar surface area (TPSA) is 73.8 Å². The van der Waals surface area contributed by atoms with Crippen LogP contribution in [-0.2, 0) is 16.6 Å². The van der Waals surface area contributed by atoms with E-state index in [1.807, 2.05) is 18.9 Å². The van der Waals surface area contributed by atoms with Crippen LogP contribution in [0.4, 0.5) is 4.39 Å². The SMILES string of the molecule is CCNC(=NCCNS(=O)(=O)c1cccs1)N(C)Cc1ccc(F)cc1.I. The summed E-state index contributed by atoms with van der Waals surface area (Å²) in [5, 5.41) is 4.89. The first-order valence-electron chi connectivity index (χ1n) is 8.19. The van der Waals surface area contributed by atoms with Gasteiger partial charge in [-0.15, -0.1) is 35.3 Å². The average Bonchev–Trinajstić information content (AvgIpc) is 3.15. The lowest BCUT2D eigenvalue weighted by molar-refractivity contribution is 0.476. The maximum absolute atomic E-state index is 13.0. The lowest BCUT2D eigenvalue weighted by Gasteiger charge is -2.22. The molecule has 2 N–H and O–H groups in total. The van der Waals surface area contributed by atoms with Crippen molar-refractivity contribution in [3.8, 4) is 0 Å². The fraction of sp³-hybridized carbons (Fsp3) is 0.353. The Morgan fingerprint density at radius 1 is 1.26 bits per heavy atom. The first-order valence-corrected chi connectivity index (χ1v) is 10.6. The lowest BCUT2D eigenvalue weighted by atomic mass is 10.2. The highest BCUT2D eigenvalue weighted by Gasteiger charge is 2.14. The summed E-state index contributed by atoms with van der Waals surface area (Å²) in [7, 11) is -1.59. The summed E-state index contributed by atoms with van der Waals surface area (Å²) in [4.78, 5) is 6.35. The van der Waals surface area contributed by atoms with Gasteiger partial charge in [-0.3, -0.25) is 4.99 Å². The molecule has 0 saturated carbocycles. The molecular weight excluding hydrogens is 502 g/mol. The fourth-order valence-electron chi connectivity index (χ4n) is 2.24. The molecule has 1 heterocycles. The van der Waals surface area contributed by atoms with Crippen molar-refractivity contribution in [3.05, 3.63) is 53.2 Å². The van der Waals surface area contributed by atoms with Gasteiger partial charge in [-0.1, -0.05) is 18.2 Å². The van der Waals surface area contributed by atoms with E-state index in [0.717, 1.165) is 5.56 Å². The minimum absolute atomic E-state index is 0. The number of benzene rings is 1. The molecule has 1 aromatic heterocycles. The fourth-order valence-corrected chi connectivity index (χ4v) is 4.30. The maximum Gasteiger partial charge on any atom is 0.250 e. The van der Waals surface area contributed by atoms with Crippen molar-refractivity contribution in [1.82, 2.24) is 14.9 Å². The van der Waals surface area contributed by atoms with E-state index in [0.29, 0.717) is 29.8 Å². The van der Waals surface area contributed by atoms with Crippen LogP contribution in [0.5, 0.6) is 0 Å². The second-order valence-electron chi connectivity index (χ2n) is 5.55. The Hall–Kier alpha value is -1.24. The zero-order valence-electron chi connectivity index (χ0n) is 15.2. The highest BCUT2D eigenvalue weighted by atomic mass is 127. The van der Waals surface area contributed by atoms with Gasteiger partial charge in [0.05, 0.1) is 6.54 Å². The Bertz CT molecular complexity index is 812. The van der Waals surface area contributed by atoms with Crippen LogP contribution >= 0.6 is 35.3 Å². The van der Waals surface area contributed by atoms with E-state index < -0.39 is 10.0 Å². The number of nitrogens with one attached hydrogen (secondary N) is 2. The van der Waals surface area contributed by atoms with E-state index in [1.54, 1.807) is 29.6 Å². The minimum Gasteiger partial charge on any atom is -0.357 e. The Kier molecular flexibility index (Phi) is 10.2. The molecule has 2 rings (SSSR count). The Balaban J connectivity index is 0.00000364. The average molecular weight is 526 g/mol. The first kappa shape index (κ1) is 23.8. The number of aliphatic imine (C=N–C) groups is 1. The highest BCUT2D eigenvalue weighted by molar-refractivity contribution is 14.0.